The first-order valence-electron chi connectivity index (χ1n) is 5.77. The third-order valence-corrected chi connectivity index (χ3v) is 2.92. The van der Waals surface area contributed by atoms with E-state index in [1.165, 1.54) is 17.0 Å². The number of amides is 1. The zero-order chi connectivity index (χ0) is 14.6. The van der Waals surface area contributed by atoms with Crippen LogP contribution in [0.2, 0.25) is 10.0 Å². The van der Waals surface area contributed by atoms with E-state index >= 15 is 0 Å². The average molecular weight is 304 g/mol. The highest BCUT2D eigenvalue weighted by Gasteiger charge is 2.21. The highest BCUT2D eigenvalue weighted by molar-refractivity contribution is 6.35. The minimum atomic E-state index is -1.06. The standard InChI is InChI=1S/C13H15Cl2NO3/c1-8(2)6-16(7-12(17)18)13(19)10-5-9(14)3-4-11(10)15/h3-5,8H,6-7H2,1-2H3,(H,17,18). The molecular formula is C13H15Cl2NO3. The maximum absolute atomic E-state index is 12.3. The summed E-state index contributed by atoms with van der Waals surface area (Å²) in [5.41, 5.74) is 0.219. The molecule has 19 heavy (non-hydrogen) atoms. The Balaban J connectivity index is 3.03. The summed E-state index contributed by atoms with van der Waals surface area (Å²) in [6.45, 7) is 3.79. The van der Waals surface area contributed by atoms with Crippen LogP contribution in [0.25, 0.3) is 0 Å². The van der Waals surface area contributed by atoms with Crippen LogP contribution in [0.1, 0.15) is 24.2 Å². The van der Waals surface area contributed by atoms with E-state index in [1.54, 1.807) is 6.07 Å². The summed E-state index contributed by atoms with van der Waals surface area (Å²) in [5.74, 6) is -1.34. The van der Waals surface area contributed by atoms with Crippen molar-refractivity contribution in [1.29, 1.82) is 0 Å². The Hall–Kier alpha value is -1.26. The van der Waals surface area contributed by atoms with E-state index in [0.29, 0.717) is 11.6 Å². The van der Waals surface area contributed by atoms with Gasteiger partial charge in [-0.3, -0.25) is 9.59 Å². The smallest absolute Gasteiger partial charge is 0.323 e. The second kappa shape index (κ2) is 6.78. The number of carboxylic acid groups (broad SMARTS) is 1. The first-order valence-corrected chi connectivity index (χ1v) is 6.53. The summed E-state index contributed by atoms with van der Waals surface area (Å²) in [5, 5.41) is 9.50. The number of carboxylic acids is 1. The lowest BCUT2D eigenvalue weighted by Crippen LogP contribution is -2.38. The second-order valence-electron chi connectivity index (χ2n) is 4.60. The molecule has 6 heteroatoms. The zero-order valence-electron chi connectivity index (χ0n) is 10.7. The molecule has 1 amide bonds. The number of aliphatic carboxylic acids is 1. The van der Waals surface area contributed by atoms with Gasteiger partial charge in [0, 0.05) is 11.6 Å². The Labute approximate surface area is 121 Å². The van der Waals surface area contributed by atoms with E-state index in [2.05, 4.69) is 0 Å². The van der Waals surface area contributed by atoms with Crippen LogP contribution in [-0.4, -0.2) is 35.0 Å². The largest absolute Gasteiger partial charge is 0.480 e. The molecule has 0 aliphatic rings. The molecule has 0 unspecified atom stereocenters. The Morgan fingerprint density at radius 2 is 1.95 bits per heavy atom. The van der Waals surface area contributed by atoms with Crippen LogP contribution in [0.15, 0.2) is 18.2 Å². The summed E-state index contributed by atoms with van der Waals surface area (Å²) in [4.78, 5) is 24.4. The van der Waals surface area contributed by atoms with Crippen LogP contribution < -0.4 is 0 Å². The minimum Gasteiger partial charge on any atom is -0.480 e. The predicted octanol–water partition coefficient (Wildman–Crippen LogP) is 3.18. The molecule has 0 aliphatic carbocycles. The van der Waals surface area contributed by atoms with Crippen molar-refractivity contribution in [2.24, 2.45) is 5.92 Å². The Bertz CT molecular complexity index is 489. The number of halogens is 2. The number of benzene rings is 1. The van der Waals surface area contributed by atoms with Gasteiger partial charge >= 0.3 is 5.97 Å². The lowest BCUT2D eigenvalue weighted by Gasteiger charge is -2.23. The molecule has 0 saturated heterocycles. The predicted molar refractivity (Wildman–Crippen MR) is 74.8 cm³/mol. The van der Waals surface area contributed by atoms with Gasteiger partial charge < -0.3 is 10.0 Å². The zero-order valence-corrected chi connectivity index (χ0v) is 12.2. The fraction of sp³-hybridized carbons (Fsp3) is 0.385. The first kappa shape index (κ1) is 15.8. The molecule has 1 N–H and O–H groups in total. The van der Waals surface area contributed by atoms with Gasteiger partial charge in [-0.2, -0.15) is 0 Å². The van der Waals surface area contributed by atoms with E-state index in [0.717, 1.165) is 0 Å². The molecule has 0 aliphatic heterocycles. The van der Waals surface area contributed by atoms with Crippen molar-refractivity contribution in [2.45, 2.75) is 13.8 Å². The molecule has 0 radical (unpaired) electrons. The van der Waals surface area contributed by atoms with Crippen molar-refractivity contribution < 1.29 is 14.7 Å². The fourth-order valence-electron chi connectivity index (χ4n) is 1.66. The molecule has 0 saturated carbocycles. The number of carbonyl (C=O) groups excluding carboxylic acids is 1. The third kappa shape index (κ3) is 4.73. The molecule has 104 valence electrons. The molecule has 0 spiro atoms. The molecule has 0 heterocycles. The lowest BCUT2D eigenvalue weighted by molar-refractivity contribution is -0.137. The summed E-state index contributed by atoms with van der Waals surface area (Å²) in [6, 6.07) is 4.54. The number of hydrogen-bond acceptors (Lipinski definition) is 2. The van der Waals surface area contributed by atoms with Crippen molar-refractivity contribution >= 4 is 35.1 Å². The first-order chi connectivity index (χ1) is 8.81. The van der Waals surface area contributed by atoms with Crippen LogP contribution in [-0.2, 0) is 4.79 Å². The van der Waals surface area contributed by atoms with Crippen LogP contribution in [0.4, 0.5) is 0 Å². The summed E-state index contributed by atoms with van der Waals surface area (Å²) >= 11 is 11.8. The third-order valence-electron chi connectivity index (χ3n) is 2.36. The van der Waals surface area contributed by atoms with E-state index in [1.807, 2.05) is 13.8 Å². The van der Waals surface area contributed by atoms with Gasteiger partial charge in [0.25, 0.3) is 5.91 Å². The molecule has 0 bridgehead atoms. The topological polar surface area (TPSA) is 57.6 Å². The SMILES string of the molecule is CC(C)CN(CC(=O)O)C(=O)c1cc(Cl)ccc1Cl. The van der Waals surface area contributed by atoms with Crippen molar-refractivity contribution in [3.05, 3.63) is 33.8 Å². The van der Waals surface area contributed by atoms with Crippen molar-refractivity contribution in [1.82, 2.24) is 4.90 Å². The van der Waals surface area contributed by atoms with Crippen molar-refractivity contribution in [2.75, 3.05) is 13.1 Å². The molecule has 0 atom stereocenters. The van der Waals surface area contributed by atoms with Crippen LogP contribution in [0.3, 0.4) is 0 Å². The van der Waals surface area contributed by atoms with Crippen LogP contribution in [0.5, 0.6) is 0 Å². The minimum absolute atomic E-state index is 0.154. The normalized spacial score (nSPS) is 10.6. The molecule has 1 aromatic rings. The molecular weight excluding hydrogens is 289 g/mol. The lowest BCUT2D eigenvalue weighted by atomic mass is 10.1. The molecule has 0 fully saturated rings. The summed E-state index contributed by atoms with van der Waals surface area (Å²) in [6.07, 6.45) is 0. The van der Waals surface area contributed by atoms with Gasteiger partial charge in [-0.05, 0) is 24.1 Å². The number of rotatable bonds is 5. The highest BCUT2D eigenvalue weighted by Crippen LogP contribution is 2.22. The number of hydrogen-bond donors (Lipinski definition) is 1. The Kier molecular flexibility index (Phi) is 5.63. The van der Waals surface area contributed by atoms with Crippen molar-refractivity contribution in [3.63, 3.8) is 0 Å². The van der Waals surface area contributed by atoms with Gasteiger partial charge in [0.1, 0.15) is 6.54 Å². The number of carbonyl (C=O) groups is 2. The van der Waals surface area contributed by atoms with Gasteiger partial charge in [-0.25, -0.2) is 0 Å². The van der Waals surface area contributed by atoms with Crippen LogP contribution >= 0.6 is 23.2 Å². The van der Waals surface area contributed by atoms with E-state index in [9.17, 15) is 9.59 Å². The van der Waals surface area contributed by atoms with Gasteiger partial charge in [0.05, 0.1) is 10.6 Å². The van der Waals surface area contributed by atoms with E-state index < -0.39 is 11.9 Å². The average Bonchev–Trinajstić information content (AvgIpc) is 2.29. The molecule has 4 nitrogen and oxygen atoms in total. The molecule has 1 rings (SSSR count). The Morgan fingerprint density at radius 3 is 2.47 bits per heavy atom. The maximum Gasteiger partial charge on any atom is 0.323 e. The van der Waals surface area contributed by atoms with Gasteiger partial charge in [-0.1, -0.05) is 37.0 Å². The summed E-state index contributed by atoms with van der Waals surface area (Å²) < 4.78 is 0. The second-order valence-corrected chi connectivity index (χ2v) is 5.44. The monoisotopic (exact) mass is 303 g/mol. The summed E-state index contributed by atoms with van der Waals surface area (Å²) in [7, 11) is 0. The van der Waals surface area contributed by atoms with Gasteiger partial charge in [0.15, 0.2) is 0 Å². The number of nitrogens with zero attached hydrogens (tertiary/aromatic N) is 1. The molecule has 0 aromatic heterocycles. The fourth-order valence-corrected chi connectivity index (χ4v) is 2.03. The van der Waals surface area contributed by atoms with Crippen molar-refractivity contribution in [3.8, 4) is 0 Å². The maximum atomic E-state index is 12.3. The highest BCUT2D eigenvalue weighted by atomic mass is 35.5. The van der Waals surface area contributed by atoms with Crippen LogP contribution in [0, 0.1) is 5.92 Å². The van der Waals surface area contributed by atoms with E-state index in [-0.39, 0.29) is 23.0 Å². The quantitative estimate of drug-likeness (QED) is 0.909. The Morgan fingerprint density at radius 1 is 1.32 bits per heavy atom. The molecule has 1 aromatic carbocycles. The van der Waals surface area contributed by atoms with Gasteiger partial charge in [0.2, 0.25) is 0 Å². The van der Waals surface area contributed by atoms with E-state index in [4.69, 9.17) is 28.3 Å². The van der Waals surface area contributed by atoms with Gasteiger partial charge in [-0.15, -0.1) is 0 Å².